The van der Waals surface area contributed by atoms with Crippen molar-refractivity contribution < 1.29 is 18.9 Å². The molecule has 18 aromatic rings. The molecule has 16 aromatic carbocycles. The summed E-state index contributed by atoms with van der Waals surface area (Å²) >= 11 is 6.29. The fourth-order valence-corrected chi connectivity index (χ4v) is 13.9. The van der Waals surface area contributed by atoms with Crippen molar-refractivity contribution in [3.05, 3.63) is 405 Å². The minimum absolute atomic E-state index is 0. The average Bonchev–Trinajstić information content (AvgIpc) is 1.65. The van der Waals surface area contributed by atoms with Crippen molar-refractivity contribution >= 4 is 102 Å². The number of hydrogen-bond acceptors (Lipinski definition) is 6. The van der Waals surface area contributed by atoms with Gasteiger partial charge in [-0.3, -0.25) is 0 Å². The van der Waals surface area contributed by atoms with E-state index in [9.17, 15) is 10.0 Å². The summed E-state index contributed by atoms with van der Waals surface area (Å²) in [7, 11) is -1.49. The third-order valence-corrected chi connectivity index (χ3v) is 19.1. The van der Waals surface area contributed by atoms with Gasteiger partial charge in [-0.05, 0) is 181 Å². The Morgan fingerprint density at radius 3 is 0.790 bits per heavy atom. The molecule has 0 radical (unpaired) electrons. The first kappa shape index (κ1) is 67.8. The monoisotopic (exact) mass is 1370 g/mol. The summed E-state index contributed by atoms with van der Waals surface area (Å²) in [6.45, 7) is 0. The highest BCUT2D eigenvalue weighted by molar-refractivity contribution is 6.58. The van der Waals surface area contributed by atoms with Crippen LogP contribution in [0.15, 0.2) is 409 Å². The van der Waals surface area contributed by atoms with E-state index in [4.69, 9.17) is 20.4 Å². The molecule has 2 N–H and O–H groups in total. The second-order valence-electron chi connectivity index (χ2n) is 25.5. The first-order valence-electron chi connectivity index (χ1n) is 34.8. The summed E-state index contributed by atoms with van der Waals surface area (Å²) in [5.74, 6) is 0. The molecule has 0 fully saturated rings. The van der Waals surface area contributed by atoms with Crippen LogP contribution in [0, 0.1) is 0 Å². The van der Waals surface area contributed by atoms with Gasteiger partial charge in [0.25, 0.3) is 0 Å². The quantitative estimate of drug-likeness (QED) is 0.106. The van der Waals surface area contributed by atoms with Crippen LogP contribution in [-0.4, -0.2) is 17.2 Å². The van der Waals surface area contributed by atoms with Gasteiger partial charge in [-0.15, -0.1) is 0 Å². The topological polar surface area (TPSA) is 73.2 Å². The van der Waals surface area contributed by atoms with Crippen molar-refractivity contribution in [3.63, 3.8) is 0 Å². The number of furan rings is 2. The van der Waals surface area contributed by atoms with Gasteiger partial charge in [0.1, 0.15) is 22.3 Å². The van der Waals surface area contributed by atoms with Gasteiger partial charge >= 0.3 is 7.12 Å². The third kappa shape index (κ3) is 14.8. The molecule has 0 aliphatic rings. The van der Waals surface area contributed by atoms with E-state index in [2.05, 4.69) is 289 Å². The number of anilines is 6. The SMILES string of the molecule is C.Clc1cc(-c2ccccc2)c2oc3ccccc3c2c1.OB(O)c1ccc(N(c2ccc(-c3ccccc3)cc2)c2ccc(-c3ccccc3)cc2)cc1.c1ccc(-c2ccc(N(c3ccc(-c4ccccc4)cc3)c3ccc(-c4cc(-c5ccccc5)c5oc6ccccc6c5c4)cc3)cc2)cc1. The summed E-state index contributed by atoms with van der Waals surface area (Å²) in [4.78, 5) is 4.49. The number of para-hydroxylation sites is 2. The lowest BCUT2D eigenvalue weighted by atomic mass is 9.80. The van der Waals surface area contributed by atoms with Crippen molar-refractivity contribution in [3.8, 4) is 77.9 Å². The molecule has 2 heterocycles. The van der Waals surface area contributed by atoms with Gasteiger partial charge in [0.2, 0.25) is 0 Å². The maximum atomic E-state index is 9.51. The van der Waals surface area contributed by atoms with Gasteiger partial charge in [-0.1, -0.05) is 310 Å². The number of fused-ring (bicyclic) bond motifs is 6. The molecule has 0 atom stereocenters. The van der Waals surface area contributed by atoms with Gasteiger partial charge in [0.05, 0.1) is 0 Å². The fourth-order valence-electron chi connectivity index (χ4n) is 13.7. The molecule has 0 saturated carbocycles. The standard InChI is InChI=1S/C48H33NO.C30H24BNO2.C18H11ClO.CH4/c1-4-12-34(13-5-1)36-20-26-41(27-21-36)49(42-28-22-37(23-29-42)35-14-6-2-7-15-35)43-30-24-38(25-31-43)40-32-45(39-16-8-3-9-17-39)48-46(33-40)44-18-10-11-19-47(44)50-48;33-31(34)27-15-21-30(22-16-27)32(28-17-11-25(12-18-28)23-7-3-1-4-8-23)29-19-13-26(14-20-29)24-9-5-2-6-10-24;19-13-10-15(12-6-2-1-3-7-12)18-16(11-13)14-8-4-5-9-17(14)20-18;/h1-33H;1-22,33-34H;1-11H;1H4. The third-order valence-electron chi connectivity index (χ3n) is 18.9. The van der Waals surface area contributed by atoms with E-state index < -0.39 is 7.12 Å². The van der Waals surface area contributed by atoms with Crippen LogP contribution in [0.4, 0.5) is 34.1 Å². The van der Waals surface area contributed by atoms with Gasteiger partial charge < -0.3 is 28.7 Å². The Morgan fingerprint density at radius 2 is 0.476 bits per heavy atom. The van der Waals surface area contributed by atoms with Crippen LogP contribution in [-0.2, 0) is 0 Å². The highest BCUT2D eigenvalue weighted by atomic mass is 35.5. The second-order valence-corrected chi connectivity index (χ2v) is 25.9. The molecule has 0 amide bonds. The van der Waals surface area contributed by atoms with Gasteiger partial charge in [-0.2, -0.15) is 0 Å². The Balaban J connectivity index is 0.000000138. The second kappa shape index (κ2) is 31.1. The predicted molar refractivity (Wildman–Crippen MR) is 443 cm³/mol. The number of benzene rings is 16. The summed E-state index contributed by atoms with van der Waals surface area (Å²) in [6.07, 6.45) is 0. The Hall–Kier alpha value is -13.0. The summed E-state index contributed by atoms with van der Waals surface area (Å²) in [5, 5.41) is 24.2. The number of hydrogen-bond donors (Lipinski definition) is 2. The maximum Gasteiger partial charge on any atom is 0.488 e. The Labute approximate surface area is 617 Å². The zero-order valence-corrected chi connectivity index (χ0v) is 57.4. The highest BCUT2D eigenvalue weighted by Crippen LogP contribution is 2.44. The molecule has 0 saturated heterocycles. The minimum Gasteiger partial charge on any atom is -0.455 e. The van der Waals surface area contributed by atoms with Crippen molar-refractivity contribution in [2.45, 2.75) is 7.43 Å². The average molecular weight is 1380 g/mol. The van der Waals surface area contributed by atoms with Crippen molar-refractivity contribution in [1.29, 1.82) is 0 Å². The largest absolute Gasteiger partial charge is 0.488 e. The van der Waals surface area contributed by atoms with Crippen LogP contribution in [0.2, 0.25) is 5.02 Å². The van der Waals surface area contributed by atoms with Crippen LogP contribution < -0.4 is 15.3 Å². The summed E-state index contributed by atoms with van der Waals surface area (Å²) < 4.78 is 12.5. The molecule has 0 spiro atoms. The molecule has 8 heteroatoms. The lowest BCUT2D eigenvalue weighted by Gasteiger charge is -2.26. The molecule has 18 rings (SSSR count). The zero-order valence-electron chi connectivity index (χ0n) is 56.7. The molecule has 105 heavy (non-hydrogen) atoms. The van der Waals surface area contributed by atoms with Crippen LogP contribution in [0.1, 0.15) is 7.43 Å². The van der Waals surface area contributed by atoms with Crippen LogP contribution >= 0.6 is 11.6 Å². The number of halogens is 1. The lowest BCUT2D eigenvalue weighted by Crippen LogP contribution is -2.29. The molecule has 0 aliphatic heterocycles. The van der Waals surface area contributed by atoms with E-state index in [0.29, 0.717) is 5.46 Å². The Morgan fingerprint density at radius 1 is 0.229 bits per heavy atom. The van der Waals surface area contributed by atoms with E-state index in [-0.39, 0.29) is 7.43 Å². The van der Waals surface area contributed by atoms with Crippen LogP contribution in [0.25, 0.3) is 122 Å². The molecular weight excluding hydrogens is 1300 g/mol. The van der Waals surface area contributed by atoms with E-state index in [1.807, 2.05) is 109 Å². The lowest BCUT2D eigenvalue weighted by molar-refractivity contribution is 0.426. The molecule has 0 aliphatic carbocycles. The van der Waals surface area contributed by atoms with E-state index in [1.54, 1.807) is 12.1 Å². The Kier molecular flexibility index (Phi) is 20.1. The first-order chi connectivity index (χ1) is 51.3. The van der Waals surface area contributed by atoms with E-state index in [0.717, 1.165) is 128 Å². The number of nitrogens with zero attached hydrogens (tertiary/aromatic N) is 2. The first-order valence-corrected chi connectivity index (χ1v) is 35.1. The van der Waals surface area contributed by atoms with Gasteiger partial charge in [0.15, 0.2) is 0 Å². The van der Waals surface area contributed by atoms with E-state index >= 15 is 0 Å². The van der Waals surface area contributed by atoms with Crippen molar-refractivity contribution in [2.75, 3.05) is 9.80 Å². The fraction of sp³-hybridized carbons (Fsp3) is 0.0103. The van der Waals surface area contributed by atoms with Crippen molar-refractivity contribution in [1.82, 2.24) is 0 Å². The highest BCUT2D eigenvalue weighted by Gasteiger charge is 2.20. The summed E-state index contributed by atoms with van der Waals surface area (Å²) in [5.41, 5.74) is 26.5. The smallest absolute Gasteiger partial charge is 0.455 e. The van der Waals surface area contributed by atoms with Crippen molar-refractivity contribution in [2.24, 2.45) is 0 Å². The molecular formula is C97H72BClN2O4. The van der Waals surface area contributed by atoms with Crippen LogP contribution in [0.5, 0.6) is 0 Å². The molecule has 504 valence electrons. The van der Waals surface area contributed by atoms with Crippen LogP contribution in [0.3, 0.4) is 0 Å². The molecule has 2 aromatic heterocycles. The maximum absolute atomic E-state index is 9.51. The normalized spacial score (nSPS) is 10.9. The predicted octanol–water partition coefficient (Wildman–Crippen LogP) is 26.4. The van der Waals surface area contributed by atoms with Gasteiger partial charge in [0, 0.05) is 71.8 Å². The van der Waals surface area contributed by atoms with Gasteiger partial charge in [-0.25, -0.2) is 0 Å². The zero-order chi connectivity index (χ0) is 70.1. The number of rotatable bonds is 14. The minimum atomic E-state index is -1.49. The summed E-state index contributed by atoms with van der Waals surface area (Å²) in [6, 6.07) is 138. The molecule has 6 nitrogen and oxygen atoms in total. The Bertz CT molecular complexity index is 5720. The molecule has 0 unspecified atom stereocenters. The molecule has 0 bridgehead atoms. The van der Waals surface area contributed by atoms with E-state index in [1.165, 1.54) is 33.4 Å².